The van der Waals surface area contributed by atoms with Crippen molar-refractivity contribution in [2.45, 2.75) is 31.9 Å². The predicted octanol–water partition coefficient (Wildman–Crippen LogP) is 0.690. The Balaban J connectivity index is 1.85. The van der Waals surface area contributed by atoms with Gasteiger partial charge in [-0.1, -0.05) is 0 Å². The SMILES string of the molecule is COC(C)(C)CN1CC2CC(C1)C2N. The van der Waals surface area contributed by atoms with Crippen LogP contribution in [-0.4, -0.2) is 43.3 Å². The van der Waals surface area contributed by atoms with Gasteiger partial charge in [0.2, 0.25) is 0 Å². The molecule has 0 aromatic heterocycles. The molecule has 0 aromatic rings. The summed E-state index contributed by atoms with van der Waals surface area (Å²) >= 11 is 0. The molecule has 0 spiro atoms. The molecule has 3 heteroatoms. The molecule has 1 saturated carbocycles. The lowest BCUT2D eigenvalue weighted by Gasteiger charge is -2.53. The second-order valence-electron chi connectivity index (χ2n) is 5.49. The van der Waals surface area contributed by atoms with Gasteiger partial charge in [-0.2, -0.15) is 0 Å². The van der Waals surface area contributed by atoms with Crippen LogP contribution in [0.1, 0.15) is 20.3 Å². The molecule has 2 atom stereocenters. The Bertz CT molecular complexity index is 205. The summed E-state index contributed by atoms with van der Waals surface area (Å²) in [6.45, 7) is 7.67. The molecular formula is C11H22N2O. The molecule has 2 unspecified atom stereocenters. The fourth-order valence-electron chi connectivity index (χ4n) is 2.75. The monoisotopic (exact) mass is 198 g/mol. The maximum atomic E-state index is 6.03. The third-order valence-electron chi connectivity index (χ3n) is 3.84. The zero-order chi connectivity index (χ0) is 10.3. The van der Waals surface area contributed by atoms with E-state index in [-0.39, 0.29) is 5.60 Å². The third kappa shape index (κ3) is 1.81. The van der Waals surface area contributed by atoms with Gasteiger partial charge in [0.1, 0.15) is 0 Å². The molecule has 3 fully saturated rings. The van der Waals surface area contributed by atoms with Crippen molar-refractivity contribution in [3.63, 3.8) is 0 Å². The first-order chi connectivity index (χ1) is 6.52. The van der Waals surface area contributed by atoms with E-state index in [1.807, 2.05) is 0 Å². The van der Waals surface area contributed by atoms with E-state index in [4.69, 9.17) is 10.5 Å². The molecule has 3 nitrogen and oxygen atoms in total. The van der Waals surface area contributed by atoms with Gasteiger partial charge in [-0.15, -0.1) is 0 Å². The first kappa shape index (κ1) is 10.4. The summed E-state index contributed by atoms with van der Waals surface area (Å²) in [7, 11) is 1.79. The van der Waals surface area contributed by atoms with Gasteiger partial charge in [0.15, 0.2) is 0 Å². The first-order valence-corrected chi connectivity index (χ1v) is 5.55. The highest BCUT2D eigenvalue weighted by Crippen LogP contribution is 2.38. The molecule has 0 amide bonds. The van der Waals surface area contributed by atoms with Crippen molar-refractivity contribution < 1.29 is 4.74 Å². The van der Waals surface area contributed by atoms with Crippen molar-refractivity contribution in [2.75, 3.05) is 26.7 Å². The molecule has 2 heterocycles. The van der Waals surface area contributed by atoms with Crippen LogP contribution in [0.5, 0.6) is 0 Å². The van der Waals surface area contributed by atoms with Crippen LogP contribution >= 0.6 is 0 Å². The second kappa shape index (κ2) is 3.47. The van der Waals surface area contributed by atoms with Crippen LogP contribution in [0.25, 0.3) is 0 Å². The molecule has 2 aliphatic heterocycles. The minimum atomic E-state index is -0.0200. The standard InChI is InChI=1S/C11H22N2O/c1-11(2,14-3)7-13-5-8-4-9(6-13)10(8)12/h8-10H,4-7,12H2,1-3H3. The summed E-state index contributed by atoms with van der Waals surface area (Å²) in [5.41, 5.74) is 6.01. The Morgan fingerprint density at radius 3 is 2.36 bits per heavy atom. The highest BCUT2D eigenvalue weighted by molar-refractivity contribution is 5.00. The number of methoxy groups -OCH3 is 1. The van der Waals surface area contributed by atoms with Crippen molar-refractivity contribution in [3.8, 4) is 0 Å². The summed E-state index contributed by atoms with van der Waals surface area (Å²) in [5.74, 6) is 1.50. The molecule has 3 aliphatic rings. The Morgan fingerprint density at radius 2 is 1.93 bits per heavy atom. The van der Waals surface area contributed by atoms with E-state index in [1.54, 1.807) is 7.11 Å². The number of nitrogens with two attached hydrogens (primary N) is 1. The van der Waals surface area contributed by atoms with Crippen LogP contribution in [0.2, 0.25) is 0 Å². The number of rotatable bonds is 3. The van der Waals surface area contributed by atoms with Crippen LogP contribution < -0.4 is 5.73 Å². The minimum absolute atomic E-state index is 0.0200. The summed E-state index contributed by atoms with van der Waals surface area (Å²) in [6, 6.07) is 0.483. The maximum absolute atomic E-state index is 6.03. The first-order valence-electron chi connectivity index (χ1n) is 5.55. The van der Waals surface area contributed by atoms with Crippen molar-refractivity contribution in [1.82, 2.24) is 4.90 Å². The van der Waals surface area contributed by atoms with Crippen molar-refractivity contribution in [3.05, 3.63) is 0 Å². The van der Waals surface area contributed by atoms with Gasteiger partial charge in [-0.05, 0) is 32.1 Å². The van der Waals surface area contributed by atoms with E-state index in [0.29, 0.717) is 6.04 Å². The highest BCUT2D eigenvalue weighted by atomic mass is 16.5. The maximum Gasteiger partial charge on any atom is 0.0749 e. The van der Waals surface area contributed by atoms with Gasteiger partial charge in [-0.25, -0.2) is 0 Å². The van der Waals surface area contributed by atoms with Gasteiger partial charge >= 0.3 is 0 Å². The topological polar surface area (TPSA) is 38.5 Å². The zero-order valence-corrected chi connectivity index (χ0v) is 9.49. The summed E-state index contributed by atoms with van der Waals surface area (Å²) in [4.78, 5) is 2.51. The van der Waals surface area contributed by atoms with Crippen molar-refractivity contribution >= 4 is 0 Å². The Kier molecular flexibility index (Phi) is 2.58. The van der Waals surface area contributed by atoms with Crippen LogP contribution in [0.4, 0.5) is 0 Å². The summed E-state index contributed by atoms with van der Waals surface area (Å²) < 4.78 is 5.44. The third-order valence-corrected chi connectivity index (χ3v) is 3.84. The van der Waals surface area contributed by atoms with E-state index in [2.05, 4.69) is 18.7 Å². The van der Waals surface area contributed by atoms with Gasteiger partial charge in [0.25, 0.3) is 0 Å². The highest BCUT2D eigenvalue weighted by Gasteiger charge is 2.45. The lowest BCUT2D eigenvalue weighted by atomic mass is 9.66. The van der Waals surface area contributed by atoms with Gasteiger partial charge in [-0.3, -0.25) is 4.90 Å². The van der Waals surface area contributed by atoms with E-state index in [9.17, 15) is 0 Å². The lowest BCUT2D eigenvalue weighted by Crippen LogP contribution is -2.63. The average Bonchev–Trinajstić information content (AvgIpc) is 2.16. The zero-order valence-electron chi connectivity index (χ0n) is 9.49. The Morgan fingerprint density at radius 1 is 1.36 bits per heavy atom. The van der Waals surface area contributed by atoms with Crippen LogP contribution in [0.15, 0.2) is 0 Å². The van der Waals surface area contributed by atoms with Crippen molar-refractivity contribution in [2.24, 2.45) is 17.6 Å². The normalized spacial score (nSPS) is 38.1. The molecule has 2 bridgehead atoms. The fourth-order valence-corrected chi connectivity index (χ4v) is 2.75. The molecule has 0 aromatic carbocycles. The Labute approximate surface area is 86.6 Å². The largest absolute Gasteiger partial charge is 0.377 e. The van der Waals surface area contributed by atoms with E-state index >= 15 is 0 Å². The molecule has 0 radical (unpaired) electrons. The van der Waals surface area contributed by atoms with Crippen molar-refractivity contribution in [1.29, 1.82) is 0 Å². The number of piperidine rings is 2. The molecular weight excluding hydrogens is 176 g/mol. The molecule has 1 aliphatic carbocycles. The summed E-state index contributed by atoms with van der Waals surface area (Å²) in [5, 5.41) is 0. The number of fused-ring (bicyclic) bond motifs is 2. The number of nitrogens with zero attached hydrogens (tertiary/aromatic N) is 1. The molecule has 2 N–H and O–H groups in total. The minimum Gasteiger partial charge on any atom is -0.377 e. The number of ether oxygens (including phenoxy) is 1. The molecule has 82 valence electrons. The molecule has 14 heavy (non-hydrogen) atoms. The van der Waals surface area contributed by atoms with Gasteiger partial charge < -0.3 is 10.5 Å². The lowest BCUT2D eigenvalue weighted by molar-refractivity contribution is -0.0569. The van der Waals surface area contributed by atoms with Gasteiger partial charge in [0.05, 0.1) is 5.60 Å². The van der Waals surface area contributed by atoms with E-state index in [0.717, 1.165) is 18.4 Å². The van der Waals surface area contributed by atoms with E-state index < -0.39 is 0 Å². The second-order valence-corrected chi connectivity index (χ2v) is 5.49. The summed E-state index contributed by atoms with van der Waals surface area (Å²) in [6.07, 6.45) is 1.35. The fraction of sp³-hybridized carbons (Fsp3) is 1.00. The average molecular weight is 198 g/mol. The van der Waals surface area contributed by atoms with Crippen LogP contribution in [0, 0.1) is 11.8 Å². The number of hydrogen-bond donors (Lipinski definition) is 1. The molecule has 2 saturated heterocycles. The smallest absolute Gasteiger partial charge is 0.0749 e. The number of hydrogen-bond acceptors (Lipinski definition) is 3. The van der Waals surface area contributed by atoms with Crippen LogP contribution in [0.3, 0.4) is 0 Å². The van der Waals surface area contributed by atoms with E-state index in [1.165, 1.54) is 19.5 Å². The Hall–Kier alpha value is -0.120. The van der Waals surface area contributed by atoms with Gasteiger partial charge in [0, 0.05) is 32.8 Å². The predicted molar refractivity (Wildman–Crippen MR) is 57.1 cm³/mol. The quantitative estimate of drug-likeness (QED) is 0.725. The van der Waals surface area contributed by atoms with Crippen LogP contribution in [-0.2, 0) is 4.74 Å². The molecule has 3 rings (SSSR count).